The van der Waals surface area contributed by atoms with Crippen LogP contribution >= 0.6 is 11.3 Å². The van der Waals surface area contributed by atoms with Crippen LogP contribution in [-0.4, -0.2) is 41.3 Å². The van der Waals surface area contributed by atoms with E-state index in [4.69, 9.17) is 14.2 Å². The molecule has 0 saturated carbocycles. The Balaban J connectivity index is 1.43. The molecule has 0 aliphatic carbocycles. The van der Waals surface area contributed by atoms with Gasteiger partial charge in [0, 0.05) is 7.05 Å². The second-order valence-corrected chi connectivity index (χ2v) is 9.72. The summed E-state index contributed by atoms with van der Waals surface area (Å²) in [6, 6.07) is 17.3. The number of benzene rings is 2. The predicted octanol–water partition coefficient (Wildman–Crippen LogP) is 3.88. The van der Waals surface area contributed by atoms with Crippen molar-refractivity contribution in [2.45, 2.75) is 11.1 Å². The second kappa shape index (κ2) is 10.3. The summed E-state index contributed by atoms with van der Waals surface area (Å²) in [4.78, 5) is 11.8. The zero-order valence-electron chi connectivity index (χ0n) is 17.2. The van der Waals surface area contributed by atoms with Gasteiger partial charge >= 0.3 is 5.97 Å². The summed E-state index contributed by atoms with van der Waals surface area (Å²) in [6.45, 7) is 2.07. The first-order valence-corrected chi connectivity index (χ1v) is 11.8. The molecular weight excluding hydrogens is 438 g/mol. The third kappa shape index (κ3) is 6.22. The molecule has 0 radical (unpaired) electrons. The third-order valence-electron chi connectivity index (χ3n) is 4.27. The van der Waals surface area contributed by atoms with Crippen molar-refractivity contribution in [3.8, 4) is 11.5 Å². The fraction of sp³-hybridized carbons (Fsp3) is 0.227. The number of anilines is 1. The van der Waals surface area contributed by atoms with Gasteiger partial charge in [-0.25, -0.2) is 13.2 Å². The first-order chi connectivity index (χ1) is 14.9. The van der Waals surface area contributed by atoms with Crippen LogP contribution in [-0.2, 0) is 19.6 Å². The Hall–Kier alpha value is -3.04. The van der Waals surface area contributed by atoms with Gasteiger partial charge in [-0.1, -0.05) is 18.2 Å². The standard InChI is InChI=1S/C22H23NO6S2/c1-17-5-3-6-20(15-17)27-12-13-28-21(24)16-29-19-10-8-18(9-11-19)23(2)31(25,26)22-7-4-14-30-22/h3-11,14-15H,12-13,16H2,1-2H3. The van der Waals surface area contributed by atoms with E-state index in [9.17, 15) is 13.2 Å². The molecule has 1 heterocycles. The first kappa shape index (κ1) is 22.6. The van der Waals surface area contributed by atoms with E-state index in [1.807, 2.05) is 31.2 Å². The van der Waals surface area contributed by atoms with Crippen molar-refractivity contribution in [3.05, 3.63) is 71.6 Å². The maximum absolute atomic E-state index is 12.6. The summed E-state index contributed by atoms with van der Waals surface area (Å²) in [5.41, 5.74) is 1.57. The summed E-state index contributed by atoms with van der Waals surface area (Å²) in [7, 11) is -2.11. The number of thiophene rings is 1. The van der Waals surface area contributed by atoms with Gasteiger partial charge in [-0.15, -0.1) is 11.3 Å². The maximum Gasteiger partial charge on any atom is 0.344 e. The normalized spacial score (nSPS) is 11.0. The van der Waals surface area contributed by atoms with Crippen LogP contribution in [0.5, 0.6) is 11.5 Å². The van der Waals surface area contributed by atoms with Gasteiger partial charge in [-0.05, 0) is 60.3 Å². The van der Waals surface area contributed by atoms with E-state index in [1.165, 1.54) is 11.4 Å². The summed E-state index contributed by atoms with van der Waals surface area (Å²) in [5.74, 6) is 0.631. The highest BCUT2D eigenvalue weighted by Crippen LogP contribution is 2.26. The number of nitrogens with zero attached hydrogens (tertiary/aromatic N) is 1. The lowest BCUT2D eigenvalue weighted by molar-refractivity contribution is -0.146. The fourth-order valence-corrected chi connectivity index (χ4v) is 5.00. The molecule has 0 aliphatic heterocycles. The molecule has 0 N–H and O–H groups in total. The van der Waals surface area contributed by atoms with Crippen molar-refractivity contribution in [2.75, 3.05) is 31.2 Å². The van der Waals surface area contributed by atoms with Gasteiger partial charge in [0.15, 0.2) is 6.61 Å². The van der Waals surface area contributed by atoms with Crippen LogP contribution in [0.3, 0.4) is 0 Å². The van der Waals surface area contributed by atoms with Gasteiger partial charge < -0.3 is 14.2 Å². The number of carbonyl (C=O) groups excluding carboxylic acids is 1. The van der Waals surface area contributed by atoms with Gasteiger partial charge in [0.05, 0.1) is 5.69 Å². The molecule has 0 unspecified atom stereocenters. The number of hydrogen-bond donors (Lipinski definition) is 0. The molecule has 31 heavy (non-hydrogen) atoms. The van der Waals surface area contributed by atoms with Gasteiger partial charge in [0.25, 0.3) is 10.0 Å². The van der Waals surface area contributed by atoms with Gasteiger partial charge in [-0.3, -0.25) is 4.31 Å². The molecule has 0 bridgehead atoms. The number of ether oxygens (including phenoxy) is 3. The van der Waals surface area contributed by atoms with Crippen molar-refractivity contribution in [2.24, 2.45) is 0 Å². The van der Waals surface area contributed by atoms with E-state index in [0.29, 0.717) is 11.4 Å². The molecule has 3 rings (SSSR count). The molecule has 0 saturated heterocycles. The lowest BCUT2D eigenvalue weighted by atomic mass is 10.2. The molecule has 0 fully saturated rings. The minimum atomic E-state index is -3.60. The molecular formula is C22H23NO6S2. The van der Waals surface area contributed by atoms with Crippen LogP contribution in [0.25, 0.3) is 0 Å². The van der Waals surface area contributed by atoms with E-state index in [0.717, 1.165) is 22.6 Å². The fourth-order valence-electron chi connectivity index (χ4n) is 2.64. The monoisotopic (exact) mass is 461 g/mol. The average Bonchev–Trinajstić information content (AvgIpc) is 3.31. The van der Waals surface area contributed by atoms with Gasteiger partial charge in [0.1, 0.15) is 28.9 Å². The maximum atomic E-state index is 12.6. The highest BCUT2D eigenvalue weighted by Gasteiger charge is 2.22. The Morgan fingerprint density at radius 3 is 2.42 bits per heavy atom. The van der Waals surface area contributed by atoms with Crippen molar-refractivity contribution in [1.82, 2.24) is 0 Å². The van der Waals surface area contributed by atoms with E-state index in [2.05, 4.69) is 0 Å². The van der Waals surface area contributed by atoms with Crippen molar-refractivity contribution >= 4 is 33.0 Å². The molecule has 2 aromatic carbocycles. The molecule has 0 atom stereocenters. The number of rotatable bonds is 10. The lowest BCUT2D eigenvalue weighted by Gasteiger charge is -2.18. The Morgan fingerprint density at radius 1 is 0.968 bits per heavy atom. The van der Waals surface area contributed by atoms with Crippen molar-refractivity contribution in [1.29, 1.82) is 0 Å². The minimum Gasteiger partial charge on any atom is -0.490 e. The summed E-state index contributed by atoms with van der Waals surface area (Å²) in [5, 5.41) is 1.71. The highest BCUT2D eigenvalue weighted by atomic mass is 32.2. The molecule has 1 aromatic heterocycles. The van der Waals surface area contributed by atoms with Crippen LogP contribution in [0, 0.1) is 6.92 Å². The third-order valence-corrected chi connectivity index (χ3v) is 7.43. The average molecular weight is 462 g/mol. The Bertz CT molecular complexity index is 1100. The van der Waals surface area contributed by atoms with Crippen molar-refractivity contribution < 1.29 is 27.4 Å². The minimum absolute atomic E-state index is 0.112. The quantitative estimate of drug-likeness (QED) is 0.337. The van der Waals surface area contributed by atoms with Crippen LogP contribution in [0.1, 0.15) is 5.56 Å². The lowest BCUT2D eigenvalue weighted by Crippen LogP contribution is -2.25. The van der Waals surface area contributed by atoms with Crippen LogP contribution in [0.2, 0.25) is 0 Å². The second-order valence-electron chi connectivity index (χ2n) is 6.57. The predicted molar refractivity (Wildman–Crippen MR) is 119 cm³/mol. The summed E-state index contributed by atoms with van der Waals surface area (Å²) >= 11 is 1.16. The number of carbonyl (C=O) groups is 1. The first-order valence-electron chi connectivity index (χ1n) is 9.46. The Labute approximate surface area is 185 Å². The van der Waals surface area contributed by atoms with Crippen molar-refractivity contribution in [3.63, 3.8) is 0 Å². The van der Waals surface area contributed by atoms with Crippen LogP contribution in [0.15, 0.2) is 70.3 Å². The molecule has 9 heteroatoms. The topological polar surface area (TPSA) is 82.1 Å². The molecule has 0 aliphatic rings. The molecule has 0 spiro atoms. The van der Waals surface area contributed by atoms with E-state index in [-0.39, 0.29) is 24.0 Å². The Kier molecular flexibility index (Phi) is 7.54. The molecule has 164 valence electrons. The van der Waals surface area contributed by atoms with Gasteiger partial charge in [-0.2, -0.15) is 0 Å². The van der Waals surface area contributed by atoms with Crippen LogP contribution in [0.4, 0.5) is 5.69 Å². The van der Waals surface area contributed by atoms with Gasteiger partial charge in [0.2, 0.25) is 0 Å². The van der Waals surface area contributed by atoms with E-state index < -0.39 is 16.0 Å². The zero-order chi connectivity index (χ0) is 22.3. The molecule has 7 nitrogen and oxygen atoms in total. The SMILES string of the molecule is Cc1cccc(OCCOC(=O)COc2ccc(N(C)S(=O)(=O)c3cccs3)cc2)c1. The molecule has 0 amide bonds. The zero-order valence-corrected chi connectivity index (χ0v) is 18.8. The molecule has 3 aromatic rings. The number of esters is 1. The smallest absolute Gasteiger partial charge is 0.344 e. The van der Waals surface area contributed by atoms with E-state index in [1.54, 1.807) is 41.8 Å². The summed E-state index contributed by atoms with van der Waals surface area (Å²) < 4.78 is 42.6. The summed E-state index contributed by atoms with van der Waals surface area (Å²) in [6.07, 6.45) is 0. The largest absolute Gasteiger partial charge is 0.490 e. The highest BCUT2D eigenvalue weighted by molar-refractivity contribution is 7.94. The Morgan fingerprint density at radius 2 is 1.74 bits per heavy atom. The number of hydrogen-bond acceptors (Lipinski definition) is 7. The number of sulfonamides is 1. The van der Waals surface area contributed by atoms with Crippen LogP contribution < -0.4 is 13.8 Å². The van der Waals surface area contributed by atoms with E-state index >= 15 is 0 Å². The number of aryl methyl sites for hydroxylation is 1.